The third-order valence-corrected chi connectivity index (χ3v) is 4.76. The van der Waals surface area contributed by atoms with E-state index in [4.69, 9.17) is 4.74 Å². The summed E-state index contributed by atoms with van der Waals surface area (Å²) in [5.41, 5.74) is -0.805. The van der Waals surface area contributed by atoms with Crippen molar-refractivity contribution in [3.63, 3.8) is 0 Å². The molecule has 1 aliphatic rings. The number of carboxylic acids is 1. The van der Waals surface area contributed by atoms with Crippen molar-refractivity contribution >= 4 is 23.6 Å². The Balaban J connectivity index is 1.86. The van der Waals surface area contributed by atoms with Crippen molar-refractivity contribution in [2.75, 3.05) is 26.0 Å². The molecule has 1 saturated heterocycles. The van der Waals surface area contributed by atoms with E-state index < -0.39 is 11.4 Å². The maximum absolute atomic E-state index is 12.1. The lowest BCUT2D eigenvalue weighted by molar-refractivity contribution is -0.147. The maximum Gasteiger partial charge on any atom is 0.311 e. The second kappa shape index (κ2) is 6.39. The average Bonchev–Trinajstić information content (AvgIpc) is 2.89. The SMILES string of the molecule is COc1ccc(SCC(=O)N2CCC(C)(C(=O)O)C2)cc1. The Hall–Kier alpha value is -1.69. The van der Waals surface area contributed by atoms with Gasteiger partial charge in [0.2, 0.25) is 5.91 Å². The molecule has 1 N–H and O–H groups in total. The fourth-order valence-electron chi connectivity index (χ4n) is 2.26. The average molecular weight is 309 g/mol. The topological polar surface area (TPSA) is 66.8 Å². The normalized spacial score (nSPS) is 21.3. The summed E-state index contributed by atoms with van der Waals surface area (Å²) in [6.07, 6.45) is 0.515. The number of carbonyl (C=O) groups excluding carboxylic acids is 1. The summed E-state index contributed by atoms with van der Waals surface area (Å²) in [6, 6.07) is 7.51. The summed E-state index contributed by atoms with van der Waals surface area (Å²) < 4.78 is 5.08. The zero-order chi connectivity index (χ0) is 15.5. The van der Waals surface area contributed by atoms with Crippen LogP contribution in [0.25, 0.3) is 0 Å². The molecule has 1 amide bonds. The van der Waals surface area contributed by atoms with E-state index in [-0.39, 0.29) is 5.91 Å². The first kappa shape index (κ1) is 15.7. The minimum atomic E-state index is -0.833. The molecule has 1 unspecified atom stereocenters. The summed E-state index contributed by atoms with van der Waals surface area (Å²) in [5.74, 6) is 0.256. The number of methoxy groups -OCH3 is 1. The summed E-state index contributed by atoms with van der Waals surface area (Å²) in [6.45, 7) is 2.51. The first-order valence-electron chi connectivity index (χ1n) is 6.73. The number of hydrogen-bond donors (Lipinski definition) is 1. The van der Waals surface area contributed by atoms with Gasteiger partial charge in [-0.2, -0.15) is 0 Å². The van der Waals surface area contributed by atoms with Gasteiger partial charge in [0.1, 0.15) is 5.75 Å². The third-order valence-electron chi connectivity index (χ3n) is 3.76. The second-order valence-electron chi connectivity index (χ2n) is 5.40. The van der Waals surface area contributed by atoms with Crippen molar-refractivity contribution in [2.45, 2.75) is 18.2 Å². The van der Waals surface area contributed by atoms with Crippen LogP contribution in [-0.2, 0) is 9.59 Å². The van der Waals surface area contributed by atoms with E-state index in [9.17, 15) is 14.7 Å². The molecule has 1 aliphatic heterocycles. The summed E-state index contributed by atoms with van der Waals surface area (Å²) >= 11 is 1.45. The molecular weight excluding hydrogens is 290 g/mol. The second-order valence-corrected chi connectivity index (χ2v) is 6.44. The van der Waals surface area contributed by atoms with Gasteiger partial charge in [0.25, 0.3) is 0 Å². The van der Waals surface area contributed by atoms with Crippen LogP contribution < -0.4 is 4.74 Å². The van der Waals surface area contributed by atoms with Crippen molar-refractivity contribution in [1.29, 1.82) is 0 Å². The molecule has 1 aromatic rings. The Kier molecular flexibility index (Phi) is 4.77. The molecule has 0 radical (unpaired) electrons. The first-order chi connectivity index (χ1) is 9.94. The van der Waals surface area contributed by atoms with Crippen LogP contribution in [0.1, 0.15) is 13.3 Å². The fraction of sp³-hybridized carbons (Fsp3) is 0.467. The van der Waals surface area contributed by atoms with Crippen LogP contribution in [0.5, 0.6) is 5.75 Å². The lowest BCUT2D eigenvalue weighted by atomic mass is 9.90. The number of likely N-dealkylation sites (tertiary alicyclic amines) is 1. The van der Waals surface area contributed by atoms with Crippen LogP contribution in [0.4, 0.5) is 0 Å². The minimum Gasteiger partial charge on any atom is -0.497 e. The lowest BCUT2D eigenvalue weighted by Gasteiger charge is -2.20. The number of carbonyl (C=O) groups is 2. The van der Waals surface area contributed by atoms with Crippen molar-refractivity contribution in [2.24, 2.45) is 5.41 Å². The minimum absolute atomic E-state index is 0.0132. The molecule has 1 aromatic carbocycles. The van der Waals surface area contributed by atoms with Gasteiger partial charge in [0, 0.05) is 18.0 Å². The number of ether oxygens (including phenoxy) is 1. The van der Waals surface area contributed by atoms with Crippen LogP contribution >= 0.6 is 11.8 Å². The lowest BCUT2D eigenvalue weighted by Crippen LogP contribution is -2.35. The Morgan fingerprint density at radius 3 is 2.57 bits per heavy atom. The van der Waals surface area contributed by atoms with Gasteiger partial charge >= 0.3 is 5.97 Å². The fourth-order valence-corrected chi connectivity index (χ4v) is 3.06. The van der Waals surface area contributed by atoms with E-state index in [0.717, 1.165) is 10.6 Å². The van der Waals surface area contributed by atoms with Crippen molar-refractivity contribution in [3.8, 4) is 5.75 Å². The summed E-state index contributed by atoms with van der Waals surface area (Å²) in [4.78, 5) is 25.9. The molecule has 0 saturated carbocycles. The molecule has 21 heavy (non-hydrogen) atoms. The summed E-state index contributed by atoms with van der Waals surface area (Å²) in [5, 5.41) is 9.17. The molecule has 1 fully saturated rings. The van der Waals surface area contributed by atoms with Crippen LogP contribution in [0.15, 0.2) is 29.2 Å². The molecule has 0 spiro atoms. The maximum atomic E-state index is 12.1. The standard InChI is InChI=1S/C15H19NO4S/c1-15(14(18)19)7-8-16(10-15)13(17)9-21-12-5-3-11(20-2)4-6-12/h3-6H,7-10H2,1-2H3,(H,18,19). The highest BCUT2D eigenvalue weighted by Crippen LogP contribution is 2.31. The van der Waals surface area contributed by atoms with Gasteiger partial charge < -0.3 is 14.7 Å². The highest BCUT2D eigenvalue weighted by molar-refractivity contribution is 8.00. The van der Waals surface area contributed by atoms with E-state index in [1.165, 1.54) is 11.8 Å². The Morgan fingerprint density at radius 1 is 1.38 bits per heavy atom. The van der Waals surface area contributed by atoms with Gasteiger partial charge in [-0.1, -0.05) is 0 Å². The van der Waals surface area contributed by atoms with Crippen molar-refractivity contribution in [3.05, 3.63) is 24.3 Å². The Labute approximate surface area is 128 Å². The van der Waals surface area contributed by atoms with E-state index >= 15 is 0 Å². The predicted molar refractivity (Wildman–Crippen MR) is 80.7 cm³/mol. The molecule has 5 nitrogen and oxygen atoms in total. The predicted octanol–water partition coefficient (Wildman–Crippen LogP) is 2.11. The molecule has 0 aliphatic carbocycles. The van der Waals surface area contributed by atoms with Gasteiger partial charge in [-0.25, -0.2) is 0 Å². The van der Waals surface area contributed by atoms with Crippen LogP contribution in [0.2, 0.25) is 0 Å². The van der Waals surface area contributed by atoms with Crippen molar-refractivity contribution < 1.29 is 19.4 Å². The quantitative estimate of drug-likeness (QED) is 0.844. The number of benzene rings is 1. The van der Waals surface area contributed by atoms with Gasteiger partial charge in [-0.3, -0.25) is 9.59 Å². The Morgan fingerprint density at radius 2 is 2.05 bits per heavy atom. The zero-order valence-corrected chi connectivity index (χ0v) is 13.0. The third kappa shape index (κ3) is 3.69. The van der Waals surface area contributed by atoms with E-state index in [2.05, 4.69) is 0 Å². The molecule has 114 valence electrons. The van der Waals surface area contributed by atoms with Gasteiger partial charge in [0.15, 0.2) is 0 Å². The highest BCUT2D eigenvalue weighted by Gasteiger charge is 2.41. The first-order valence-corrected chi connectivity index (χ1v) is 7.71. The molecule has 2 rings (SSSR count). The number of amides is 1. The van der Waals surface area contributed by atoms with E-state index in [0.29, 0.717) is 25.3 Å². The van der Waals surface area contributed by atoms with E-state index in [1.807, 2.05) is 24.3 Å². The van der Waals surface area contributed by atoms with Crippen molar-refractivity contribution in [1.82, 2.24) is 4.90 Å². The number of carboxylic acid groups (broad SMARTS) is 1. The number of rotatable bonds is 5. The molecule has 1 atom stereocenters. The molecule has 6 heteroatoms. The molecule has 0 aromatic heterocycles. The zero-order valence-electron chi connectivity index (χ0n) is 12.2. The monoisotopic (exact) mass is 309 g/mol. The number of hydrogen-bond acceptors (Lipinski definition) is 4. The van der Waals surface area contributed by atoms with Gasteiger partial charge in [0.05, 0.1) is 18.3 Å². The van der Waals surface area contributed by atoms with Crippen LogP contribution in [0, 0.1) is 5.41 Å². The molecule has 1 heterocycles. The van der Waals surface area contributed by atoms with Gasteiger partial charge in [-0.15, -0.1) is 11.8 Å². The molecule has 0 bridgehead atoms. The number of aliphatic carboxylic acids is 1. The summed E-state index contributed by atoms with van der Waals surface area (Å²) in [7, 11) is 1.61. The smallest absolute Gasteiger partial charge is 0.311 e. The Bertz CT molecular complexity index is 531. The van der Waals surface area contributed by atoms with Crippen LogP contribution in [0.3, 0.4) is 0 Å². The number of nitrogens with zero attached hydrogens (tertiary/aromatic N) is 1. The van der Waals surface area contributed by atoms with Gasteiger partial charge in [-0.05, 0) is 37.6 Å². The van der Waals surface area contributed by atoms with Crippen LogP contribution in [-0.4, -0.2) is 47.8 Å². The number of thioether (sulfide) groups is 1. The van der Waals surface area contributed by atoms with E-state index in [1.54, 1.807) is 18.9 Å². The largest absolute Gasteiger partial charge is 0.497 e. The molecular formula is C15H19NO4S. The highest BCUT2D eigenvalue weighted by atomic mass is 32.2.